The molecule has 1 heterocycles. The Morgan fingerprint density at radius 2 is 1.89 bits per heavy atom. The van der Waals surface area contributed by atoms with E-state index in [1.165, 1.54) is 50.8 Å². The van der Waals surface area contributed by atoms with Crippen molar-refractivity contribution in [1.29, 1.82) is 0 Å². The highest BCUT2D eigenvalue weighted by Crippen LogP contribution is 2.41. The predicted octanol–water partition coefficient (Wildman–Crippen LogP) is 3.88. The molecule has 0 atom stereocenters. The zero-order valence-corrected chi connectivity index (χ0v) is 11.9. The number of hydrogen-bond acceptors (Lipinski definition) is 2. The van der Waals surface area contributed by atoms with Gasteiger partial charge in [-0.15, -0.1) is 0 Å². The molecule has 0 amide bonds. The molecule has 0 unspecified atom stereocenters. The van der Waals surface area contributed by atoms with Crippen LogP contribution in [0.25, 0.3) is 0 Å². The first kappa shape index (κ1) is 13.4. The Morgan fingerprint density at radius 1 is 1.17 bits per heavy atom. The molecular formula is C15H27N3. The Bertz CT molecular complexity index is 377. The van der Waals surface area contributed by atoms with Crippen molar-refractivity contribution in [2.75, 3.05) is 5.73 Å². The van der Waals surface area contributed by atoms with Crippen LogP contribution < -0.4 is 5.73 Å². The van der Waals surface area contributed by atoms with Crippen LogP contribution in [-0.4, -0.2) is 9.55 Å². The average Bonchev–Trinajstić information content (AvgIpc) is 3.15. The van der Waals surface area contributed by atoms with Gasteiger partial charge in [0.25, 0.3) is 0 Å². The number of imidazole rings is 1. The summed E-state index contributed by atoms with van der Waals surface area (Å²) in [4.78, 5) is 4.83. The smallest absolute Gasteiger partial charge is 0.126 e. The zero-order chi connectivity index (χ0) is 13.0. The average molecular weight is 249 g/mol. The van der Waals surface area contributed by atoms with Gasteiger partial charge >= 0.3 is 0 Å². The molecule has 1 fully saturated rings. The fourth-order valence-electron chi connectivity index (χ4n) is 2.47. The van der Waals surface area contributed by atoms with E-state index < -0.39 is 0 Å². The van der Waals surface area contributed by atoms with Crippen molar-refractivity contribution >= 4 is 5.82 Å². The highest BCUT2D eigenvalue weighted by atomic mass is 15.1. The standard InChI is InChI=1S/C15H27N3/c1-3-5-7-8-13-14(16)18(11-6-4-2)15(17-13)12-9-10-12/h12H,3-11,16H2,1-2H3. The van der Waals surface area contributed by atoms with Gasteiger partial charge in [0, 0.05) is 12.5 Å². The van der Waals surface area contributed by atoms with Crippen LogP contribution >= 0.6 is 0 Å². The SMILES string of the molecule is CCCCCc1nc(C2CC2)n(CCCC)c1N. The van der Waals surface area contributed by atoms with E-state index in [4.69, 9.17) is 10.7 Å². The van der Waals surface area contributed by atoms with E-state index in [9.17, 15) is 0 Å². The summed E-state index contributed by atoms with van der Waals surface area (Å²) in [5, 5.41) is 0. The molecular weight excluding hydrogens is 222 g/mol. The summed E-state index contributed by atoms with van der Waals surface area (Å²) in [5.74, 6) is 2.91. The van der Waals surface area contributed by atoms with Crippen LogP contribution in [0.2, 0.25) is 0 Å². The van der Waals surface area contributed by atoms with E-state index in [1.54, 1.807) is 0 Å². The second-order valence-corrected chi connectivity index (χ2v) is 5.54. The summed E-state index contributed by atoms with van der Waals surface area (Å²) in [7, 11) is 0. The monoisotopic (exact) mass is 249 g/mol. The number of nitrogen functional groups attached to an aromatic ring is 1. The number of anilines is 1. The molecule has 18 heavy (non-hydrogen) atoms. The number of nitrogens with two attached hydrogens (primary N) is 1. The van der Waals surface area contributed by atoms with E-state index in [0.717, 1.165) is 24.5 Å². The molecule has 1 aliphatic carbocycles. The lowest BCUT2D eigenvalue weighted by atomic mass is 10.1. The molecule has 3 heteroatoms. The minimum Gasteiger partial charge on any atom is -0.384 e. The number of nitrogens with zero attached hydrogens (tertiary/aromatic N) is 2. The summed E-state index contributed by atoms with van der Waals surface area (Å²) in [6.07, 6.45) is 9.83. The minimum absolute atomic E-state index is 0.698. The van der Waals surface area contributed by atoms with Gasteiger partial charge in [-0.3, -0.25) is 0 Å². The molecule has 1 aromatic rings. The number of unbranched alkanes of at least 4 members (excludes halogenated alkanes) is 3. The molecule has 2 N–H and O–H groups in total. The van der Waals surface area contributed by atoms with Gasteiger partial charge in [-0.2, -0.15) is 0 Å². The van der Waals surface area contributed by atoms with Crippen LogP contribution in [0.4, 0.5) is 5.82 Å². The molecule has 1 aromatic heterocycles. The number of aryl methyl sites for hydroxylation is 1. The van der Waals surface area contributed by atoms with Crippen LogP contribution in [0.3, 0.4) is 0 Å². The van der Waals surface area contributed by atoms with Crippen molar-refractivity contribution in [2.24, 2.45) is 0 Å². The molecule has 2 rings (SSSR count). The lowest BCUT2D eigenvalue weighted by Crippen LogP contribution is -2.07. The lowest BCUT2D eigenvalue weighted by molar-refractivity contribution is 0.609. The molecule has 0 saturated heterocycles. The molecule has 102 valence electrons. The van der Waals surface area contributed by atoms with Crippen LogP contribution in [0.5, 0.6) is 0 Å². The Labute approximate surface area is 111 Å². The Morgan fingerprint density at radius 3 is 2.50 bits per heavy atom. The zero-order valence-electron chi connectivity index (χ0n) is 11.9. The summed E-state index contributed by atoms with van der Waals surface area (Å²) in [5.41, 5.74) is 7.45. The first-order valence-electron chi connectivity index (χ1n) is 7.62. The molecule has 0 bridgehead atoms. The van der Waals surface area contributed by atoms with Crippen LogP contribution in [0.15, 0.2) is 0 Å². The van der Waals surface area contributed by atoms with E-state index in [0.29, 0.717) is 5.92 Å². The van der Waals surface area contributed by atoms with Gasteiger partial charge in [0.05, 0.1) is 5.69 Å². The van der Waals surface area contributed by atoms with Crippen molar-refractivity contribution < 1.29 is 0 Å². The van der Waals surface area contributed by atoms with Crippen molar-refractivity contribution in [2.45, 2.75) is 77.7 Å². The molecule has 3 nitrogen and oxygen atoms in total. The Balaban J connectivity index is 2.09. The maximum Gasteiger partial charge on any atom is 0.126 e. The fourth-order valence-corrected chi connectivity index (χ4v) is 2.47. The first-order valence-corrected chi connectivity index (χ1v) is 7.62. The van der Waals surface area contributed by atoms with E-state index in [2.05, 4.69) is 18.4 Å². The third-order valence-electron chi connectivity index (χ3n) is 3.81. The summed E-state index contributed by atoms with van der Waals surface area (Å²) >= 11 is 0. The van der Waals surface area contributed by atoms with Crippen molar-refractivity contribution in [3.05, 3.63) is 11.5 Å². The van der Waals surface area contributed by atoms with Crippen LogP contribution in [0.1, 0.15) is 76.2 Å². The minimum atomic E-state index is 0.698. The van der Waals surface area contributed by atoms with Gasteiger partial charge in [0.15, 0.2) is 0 Å². The van der Waals surface area contributed by atoms with Crippen molar-refractivity contribution in [1.82, 2.24) is 9.55 Å². The van der Waals surface area contributed by atoms with Gasteiger partial charge in [-0.25, -0.2) is 4.98 Å². The van der Waals surface area contributed by atoms with Crippen molar-refractivity contribution in [3.8, 4) is 0 Å². The highest BCUT2D eigenvalue weighted by molar-refractivity contribution is 5.40. The number of rotatable bonds is 8. The quantitative estimate of drug-likeness (QED) is 0.711. The van der Waals surface area contributed by atoms with Gasteiger partial charge in [0.1, 0.15) is 11.6 Å². The Kier molecular flexibility index (Phi) is 4.67. The molecule has 0 aliphatic heterocycles. The van der Waals surface area contributed by atoms with Crippen LogP contribution in [-0.2, 0) is 13.0 Å². The van der Waals surface area contributed by atoms with E-state index in [-0.39, 0.29) is 0 Å². The first-order chi connectivity index (χ1) is 8.77. The van der Waals surface area contributed by atoms with Gasteiger partial charge in [-0.05, 0) is 32.1 Å². The topological polar surface area (TPSA) is 43.8 Å². The fraction of sp³-hybridized carbons (Fsp3) is 0.800. The maximum absolute atomic E-state index is 6.29. The normalized spacial score (nSPS) is 15.2. The Hall–Kier alpha value is -0.990. The van der Waals surface area contributed by atoms with Crippen LogP contribution in [0, 0.1) is 0 Å². The molecule has 1 aliphatic rings. The molecule has 1 saturated carbocycles. The summed E-state index contributed by atoms with van der Waals surface area (Å²) in [6.45, 7) is 5.51. The van der Waals surface area contributed by atoms with E-state index in [1.807, 2.05) is 0 Å². The second-order valence-electron chi connectivity index (χ2n) is 5.54. The number of hydrogen-bond donors (Lipinski definition) is 1. The summed E-state index contributed by atoms with van der Waals surface area (Å²) < 4.78 is 2.29. The van der Waals surface area contributed by atoms with Gasteiger partial charge in [0.2, 0.25) is 0 Å². The lowest BCUT2D eigenvalue weighted by Gasteiger charge is -2.08. The molecule has 0 spiro atoms. The number of aromatic nitrogens is 2. The molecule has 0 aromatic carbocycles. The van der Waals surface area contributed by atoms with Crippen molar-refractivity contribution in [3.63, 3.8) is 0 Å². The largest absolute Gasteiger partial charge is 0.384 e. The third-order valence-corrected chi connectivity index (χ3v) is 3.81. The summed E-state index contributed by atoms with van der Waals surface area (Å²) in [6, 6.07) is 0. The predicted molar refractivity (Wildman–Crippen MR) is 76.8 cm³/mol. The highest BCUT2D eigenvalue weighted by Gasteiger charge is 2.30. The second kappa shape index (κ2) is 6.26. The van der Waals surface area contributed by atoms with Gasteiger partial charge in [-0.1, -0.05) is 33.1 Å². The molecule has 0 radical (unpaired) electrons. The van der Waals surface area contributed by atoms with E-state index >= 15 is 0 Å². The third kappa shape index (κ3) is 3.06. The maximum atomic E-state index is 6.29. The van der Waals surface area contributed by atoms with Gasteiger partial charge < -0.3 is 10.3 Å².